The molecule has 2 amide bonds. The van der Waals surface area contributed by atoms with E-state index < -0.39 is 19.1 Å². The summed E-state index contributed by atoms with van der Waals surface area (Å²) < 4.78 is 5.48. The molecule has 0 aliphatic carbocycles. The van der Waals surface area contributed by atoms with Crippen LogP contribution in [0.3, 0.4) is 0 Å². The zero-order valence-corrected chi connectivity index (χ0v) is 15.5. The number of hydrogen-bond donors (Lipinski definition) is 4. The summed E-state index contributed by atoms with van der Waals surface area (Å²) in [5, 5.41) is 25.8. The second kappa shape index (κ2) is 8.97. The van der Waals surface area contributed by atoms with Gasteiger partial charge in [-0.1, -0.05) is 24.3 Å². The predicted molar refractivity (Wildman–Crippen MR) is 105 cm³/mol. The number of fused-ring (bicyclic) bond motifs is 1. The van der Waals surface area contributed by atoms with Gasteiger partial charge in [-0.05, 0) is 44.0 Å². The number of urea groups is 1. The molecule has 0 bridgehead atoms. The van der Waals surface area contributed by atoms with E-state index >= 15 is 0 Å². The Labute approximate surface area is 159 Å². The van der Waals surface area contributed by atoms with Crippen LogP contribution in [-0.4, -0.2) is 53.2 Å². The van der Waals surface area contributed by atoms with Gasteiger partial charge in [-0.2, -0.15) is 0 Å². The number of nitrogens with zero attached hydrogens (tertiary/aromatic N) is 1. The monoisotopic (exact) mass is 371 g/mol. The van der Waals surface area contributed by atoms with Crippen LogP contribution < -0.4 is 10.6 Å². The minimum atomic E-state index is -1.67. The van der Waals surface area contributed by atoms with Crippen molar-refractivity contribution < 1.29 is 19.3 Å². The average Bonchev–Trinajstić information content (AvgIpc) is 3.27. The number of amides is 2. The van der Waals surface area contributed by atoms with Crippen LogP contribution in [0.25, 0.3) is 11.0 Å². The summed E-state index contributed by atoms with van der Waals surface area (Å²) in [7, 11) is -1.67. The minimum Gasteiger partial charge on any atom is -0.464 e. The number of allylic oxidation sites excluding steroid dienone is 1. The zero-order chi connectivity index (χ0) is 19.2. The van der Waals surface area contributed by atoms with Crippen LogP contribution in [0.4, 0.5) is 4.79 Å². The predicted octanol–water partition coefficient (Wildman–Crippen LogP) is 1.65. The summed E-state index contributed by atoms with van der Waals surface area (Å²) in [6.45, 7) is 3.48. The van der Waals surface area contributed by atoms with Gasteiger partial charge in [0.2, 0.25) is 0 Å². The van der Waals surface area contributed by atoms with Crippen LogP contribution in [-0.2, 0) is 6.42 Å². The lowest BCUT2D eigenvalue weighted by Crippen LogP contribution is -2.52. The molecule has 2 atom stereocenters. The lowest BCUT2D eigenvalue weighted by molar-refractivity contribution is 0.233. The Morgan fingerprint density at radius 2 is 2.26 bits per heavy atom. The van der Waals surface area contributed by atoms with E-state index in [-0.39, 0.29) is 12.5 Å². The number of carbonyl (C=O) groups excluding carboxylic acids is 1. The van der Waals surface area contributed by atoms with Gasteiger partial charge in [-0.15, -0.1) is 0 Å². The Morgan fingerprint density at radius 1 is 1.44 bits per heavy atom. The van der Waals surface area contributed by atoms with Crippen LogP contribution in [0, 0.1) is 0 Å². The van der Waals surface area contributed by atoms with Crippen molar-refractivity contribution in [2.24, 2.45) is 0 Å². The van der Waals surface area contributed by atoms with Crippen LogP contribution in [0.2, 0.25) is 0 Å². The molecule has 0 spiro atoms. The standard InChI is InChI=1S/C19H26BN3O4/c1-2-9-23-10-5-6-15(23)12-21-19(24)22-18(20(25)26)11-14-13-27-17-8-4-3-7-16(14)17/h2-4,7-9,13,15,18,25-26H,5-6,10-12H2,1H3,(H2,21,22,24)/t15?,18-/m0/s1. The molecule has 1 aromatic carbocycles. The Balaban J connectivity index is 1.57. The second-order valence-corrected chi connectivity index (χ2v) is 6.85. The molecular formula is C19H26BN3O4. The highest BCUT2D eigenvalue weighted by molar-refractivity contribution is 6.43. The lowest BCUT2D eigenvalue weighted by atomic mass is 9.76. The van der Waals surface area contributed by atoms with Crippen molar-refractivity contribution in [3.05, 3.63) is 48.4 Å². The number of rotatable bonds is 7. The van der Waals surface area contributed by atoms with Gasteiger partial charge in [0.1, 0.15) is 5.58 Å². The highest BCUT2D eigenvalue weighted by atomic mass is 16.4. The largest absolute Gasteiger partial charge is 0.475 e. The molecule has 1 aliphatic heterocycles. The maximum Gasteiger partial charge on any atom is 0.475 e. The minimum absolute atomic E-state index is 0.260. The summed E-state index contributed by atoms with van der Waals surface area (Å²) in [6, 6.07) is 7.38. The third kappa shape index (κ3) is 4.84. The first kappa shape index (κ1) is 19.3. The topological polar surface area (TPSA) is 98.0 Å². The summed E-state index contributed by atoms with van der Waals surface area (Å²) >= 11 is 0. The number of likely N-dealkylation sites (tertiary alicyclic amines) is 1. The molecule has 8 heteroatoms. The van der Waals surface area contributed by atoms with Gasteiger partial charge in [0, 0.05) is 24.5 Å². The highest BCUT2D eigenvalue weighted by Crippen LogP contribution is 2.22. The van der Waals surface area contributed by atoms with Crippen molar-refractivity contribution in [2.75, 3.05) is 13.1 Å². The molecule has 3 rings (SSSR count). The van der Waals surface area contributed by atoms with E-state index in [1.165, 1.54) is 0 Å². The summed E-state index contributed by atoms with van der Waals surface area (Å²) in [4.78, 5) is 14.5. The molecule has 27 heavy (non-hydrogen) atoms. The SMILES string of the molecule is CC=CN1CCCC1CNC(=O)N[C@@H](Cc1coc2ccccc12)B(O)O. The molecule has 1 unspecified atom stereocenters. The fourth-order valence-electron chi connectivity index (χ4n) is 3.55. The molecule has 2 aromatic rings. The summed E-state index contributed by atoms with van der Waals surface area (Å²) in [5.41, 5.74) is 1.55. The van der Waals surface area contributed by atoms with Crippen LogP contribution in [0.1, 0.15) is 25.3 Å². The fraction of sp³-hybridized carbons (Fsp3) is 0.421. The number of carbonyl (C=O) groups is 1. The van der Waals surface area contributed by atoms with E-state index in [0.29, 0.717) is 6.54 Å². The molecule has 1 saturated heterocycles. The van der Waals surface area contributed by atoms with Gasteiger partial charge in [-0.3, -0.25) is 0 Å². The van der Waals surface area contributed by atoms with Crippen LogP contribution >= 0.6 is 0 Å². The van der Waals surface area contributed by atoms with Crippen molar-refractivity contribution >= 4 is 24.1 Å². The van der Waals surface area contributed by atoms with Crippen molar-refractivity contribution in [3.63, 3.8) is 0 Å². The molecule has 144 valence electrons. The van der Waals surface area contributed by atoms with Gasteiger partial charge < -0.3 is 30.0 Å². The third-order valence-corrected chi connectivity index (χ3v) is 4.94. The Bertz CT molecular complexity index is 792. The van der Waals surface area contributed by atoms with Gasteiger partial charge in [0.25, 0.3) is 0 Å². The maximum atomic E-state index is 12.3. The Kier molecular flexibility index (Phi) is 6.42. The van der Waals surface area contributed by atoms with E-state index in [1.54, 1.807) is 6.26 Å². The molecule has 1 fully saturated rings. The third-order valence-electron chi connectivity index (χ3n) is 4.94. The lowest BCUT2D eigenvalue weighted by Gasteiger charge is -2.24. The van der Waals surface area contributed by atoms with Gasteiger partial charge in [-0.25, -0.2) is 4.79 Å². The van der Waals surface area contributed by atoms with Crippen LogP contribution in [0.5, 0.6) is 0 Å². The average molecular weight is 371 g/mol. The first-order chi connectivity index (χ1) is 13.1. The van der Waals surface area contributed by atoms with E-state index in [9.17, 15) is 14.8 Å². The highest BCUT2D eigenvalue weighted by Gasteiger charge is 2.28. The van der Waals surface area contributed by atoms with Crippen molar-refractivity contribution in [1.29, 1.82) is 0 Å². The van der Waals surface area contributed by atoms with E-state index in [2.05, 4.69) is 15.5 Å². The number of para-hydroxylation sites is 1. The van der Waals surface area contributed by atoms with Crippen molar-refractivity contribution in [1.82, 2.24) is 15.5 Å². The maximum absolute atomic E-state index is 12.3. The van der Waals surface area contributed by atoms with Gasteiger partial charge >= 0.3 is 13.1 Å². The zero-order valence-electron chi connectivity index (χ0n) is 15.5. The first-order valence-corrected chi connectivity index (χ1v) is 9.32. The van der Waals surface area contributed by atoms with Crippen molar-refractivity contribution in [3.8, 4) is 0 Å². The first-order valence-electron chi connectivity index (χ1n) is 9.32. The van der Waals surface area contributed by atoms with E-state index in [1.807, 2.05) is 43.5 Å². The smallest absolute Gasteiger partial charge is 0.464 e. The van der Waals surface area contributed by atoms with Gasteiger partial charge in [0.15, 0.2) is 0 Å². The molecule has 4 N–H and O–H groups in total. The normalized spacial score (nSPS) is 18.2. The second-order valence-electron chi connectivity index (χ2n) is 6.85. The van der Waals surface area contributed by atoms with E-state index in [4.69, 9.17) is 4.42 Å². The Hall–Kier alpha value is -2.45. The number of nitrogens with one attached hydrogen (secondary N) is 2. The molecule has 1 aliphatic rings. The van der Waals surface area contributed by atoms with E-state index in [0.717, 1.165) is 35.9 Å². The summed E-state index contributed by atoms with van der Waals surface area (Å²) in [5.74, 6) is -0.832. The quantitative estimate of drug-likeness (QED) is 0.555. The molecular weight excluding hydrogens is 345 g/mol. The molecule has 1 aromatic heterocycles. The summed E-state index contributed by atoms with van der Waals surface area (Å²) in [6.07, 6.45) is 8.01. The van der Waals surface area contributed by atoms with Crippen molar-refractivity contribution in [2.45, 2.75) is 38.2 Å². The van der Waals surface area contributed by atoms with Gasteiger partial charge in [0.05, 0.1) is 12.2 Å². The molecule has 2 heterocycles. The molecule has 0 radical (unpaired) electrons. The number of furan rings is 1. The molecule has 0 saturated carbocycles. The Morgan fingerprint density at radius 3 is 3.04 bits per heavy atom. The molecule has 7 nitrogen and oxygen atoms in total. The fourth-order valence-corrected chi connectivity index (χ4v) is 3.55. The number of hydrogen-bond acceptors (Lipinski definition) is 5. The van der Waals surface area contributed by atoms with Crippen LogP contribution in [0.15, 0.2) is 47.2 Å². The number of benzene rings is 1.